The Morgan fingerprint density at radius 1 is 1.31 bits per heavy atom. The van der Waals surface area contributed by atoms with Crippen molar-refractivity contribution in [3.05, 3.63) is 45.4 Å². The van der Waals surface area contributed by atoms with Crippen molar-refractivity contribution in [2.24, 2.45) is 5.73 Å². The van der Waals surface area contributed by atoms with Gasteiger partial charge in [-0.25, -0.2) is 4.39 Å². The third-order valence-corrected chi connectivity index (χ3v) is 2.93. The Morgan fingerprint density at radius 2 is 1.94 bits per heavy atom. The lowest BCUT2D eigenvalue weighted by atomic mass is 10.1. The smallest absolute Gasteiger partial charge is 0.305 e. The van der Waals surface area contributed by atoms with Crippen LogP contribution in [-0.2, 0) is 0 Å². The molecule has 1 aromatic carbocycles. The van der Waals surface area contributed by atoms with Crippen molar-refractivity contribution in [1.29, 1.82) is 0 Å². The standard InChI is InChI=1S/C10H7FN2O2S/c11-6-3-1-5(2-4-6)8-7(9(12)14)13-10(15)16-8/h1-4H,(H2,12,14)(H,13,15). The molecule has 6 heteroatoms. The first kappa shape index (κ1) is 10.6. The summed E-state index contributed by atoms with van der Waals surface area (Å²) in [7, 11) is 0. The summed E-state index contributed by atoms with van der Waals surface area (Å²) in [6.45, 7) is 0. The summed E-state index contributed by atoms with van der Waals surface area (Å²) < 4.78 is 12.7. The van der Waals surface area contributed by atoms with Gasteiger partial charge >= 0.3 is 4.87 Å². The lowest BCUT2D eigenvalue weighted by Crippen LogP contribution is -2.14. The van der Waals surface area contributed by atoms with Crippen LogP contribution in [0.15, 0.2) is 29.1 Å². The fraction of sp³-hybridized carbons (Fsp3) is 0. The molecule has 1 heterocycles. The van der Waals surface area contributed by atoms with E-state index in [2.05, 4.69) is 4.98 Å². The van der Waals surface area contributed by atoms with E-state index in [1.165, 1.54) is 24.3 Å². The topological polar surface area (TPSA) is 76.0 Å². The average Bonchev–Trinajstić information content (AvgIpc) is 2.61. The van der Waals surface area contributed by atoms with Crippen molar-refractivity contribution < 1.29 is 9.18 Å². The fourth-order valence-corrected chi connectivity index (χ4v) is 2.15. The van der Waals surface area contributed by atoms with Crippen LogP contribution in [0, 0.1) is 5.82 Å². The van der Waals surface area contributed by atoms with E-state index in [9.17, 15) is 14.0 Å². The van der Waals surface area contributed by atoms with Gasteiger partial charge in [0.25, 0.3) is 5.91 Å². The molecule has 0 atom stereocenters. The van der Waals surface area contributed by atoms with Crippen LogP contribution in [0.1, 0.15) is 10.5 Å². The highest BCUT2D eigenvalue weighted by Gasteiger charge is 2.14. The number of benzene rings is 1. The second-order valence-electron chi connectivity index (χ2n) is 3.09. The molecule has 0 saturated carbocycles. The largest absolute Gasteiger partial charge is 0.364 e. The Bertz CT molecular complexity index is 586. The van der Waals surface area contributed by atoms with Crippen molar-refractivity contribution in [3.8, 4) is 10.4 Å². The third-order valence-electron chi connectivity index (χ3n) is 2.00. The van der Waals surface area contributed by atoms with E-state index >= 15 is 0 Å². The first-order valence-electron chi connectivity index (χ1n) is 4.37. The Morgan fingerprint density at radius 3 is 2.50 bits per heavy atom. The third kappa shape index (κ3) is 1.87. The molecule has 1 amide bonds. The van der Waals surface area contributed by atoms with Gasteiger partial charge < -0.3 is 10.7 Å². The van der Waals surface area contributed by atoms with Gasteiger partial charge in [0.15, 0.2) is 0 Å². The van der Waals surface area contributed by atoms with E-state index in [0.717, 1.165) is 11.3 Å². The summed E-state index contributed by atoms with van der Waals surface area (Å²) >= 11 is 0.867. The Hall–Kier alpha value is -1.95. The van der Waals surface area contributed by atoms with E-state index in [0.29, 0.717) is 10.4 Å². The molecule has 1 aromatic heterocycles. The lowest BCUT2D eigenvalue weighted by Gasteiger charge is -1.99. The molecule has 82 valence electrons. The highest BCUT2D eigenvalue weighted by molar-refractivity contribution is 7.13. The fourth-order valence-electron chi connectivity index (χ4n) is 1.31. The number of hydrogen-bond donors (Lipinski definition) is 2. The minimum Gasteiger partial charge on any atom is -0.364 e. The highest BCUT2D eigenvalue weighted by Crippen LogP contribution is 2.25. The van der Waals surface area contributed by atoms with Crippen LogP contribution >= 0.6 is 11.3 Å². The number of rotatable bonds is 2. The van der Waals surface area contributed by atoms with Crippen molar-refractivity contribution in [1.82, 2.24) is 4.98 Å². The van der Waals surface area contributed by atoms with E-state index in [4.69, 9.17) is 5.73 Å². The van der Waals surface area contributed by atoms with Gasteiger partial charge in [-0.2, -0.15) is 0 Å². The first-order chi connectivity index (χ1) is 7.58. The van der Waals surface area contributed by atoms with Crippen LogP contribution in [0.3, 0.4) is 0 Å². The molecular weight excluding hydrogens is 231 g/mol. The predicted molar refractivity (Wildman–Crippen MR) is 58.9 cm³/mol. The van der Waals surface area contributed by atoms with E-state index < -0.39 is 5.91 Å². The molecule has 0 unspecified atom stereocenters. The second kappa shape index (κ2) is 3.90. The van der Waals surface area contributed by atoms with Crippen molar-refractivity contribution in [3.63, 3.8) is 0 Å². The summed E-state index contributed by atoms with van der Waals surface area (Å²) in [5.41, 5.74) is 5.76. The molecule has 16 heavy (non-hydrogen) atoms. The summed E-state index contributed by atoms with van der Waals surface area (Å²) in [4.78, 5) is 24.6. The molecule has 0 aliphatic heterocycles. The number of thiazole rings is 1. The average molecular weight is 238 g/mol. The zero-order valence-electron chi connectivity index (χ0n) is 7.99. The molecule has 0 aliphatic rings. The number of primary amides is 1. The summed E-state index contributed by atoms with van der Waals surface area (Å²) in [6.07, 6.45) is 0. The normalized spacial score (nSPS) is 10.3. The molecule has 3 N–H and O–H groups in total. The Labute approximate surface area is 93.5 Å². The number of hydrogen-bond acceptors (Lipinski definition) is 3. The van der Waals surface area contributed by atoms with E-state index in [1.807, 2.05) is 0 Å². The zero-order valence-corrected chi connectivity index (χ0v) is 8.81. The van der Waals surface area contributed by atoms with Gasteiger partial charge in [0.1, 0.15) is 11.5 Å². The van der Waals surface area contributed by atoms with Gasteiger partial charge in [0.2, 0.25) is 0 Å². The minimum absolute atomic E-state index is 0.0570. The number of carbonyl (C=O) groups excluding carboxylic acids is 1. The number of amides is 1. The van der Waals surface area contributed by atoms with Gasteiger partial charge in [-0.15, -0.1) is 0 Å². The molecule has 0 aliphatic carbocycles. The van der Waals surface area contributed by atoms with Gasteiger partial charge in [0, 0.05) is 0 Å². The molecule has 0 radical (unpaired) electrons. The van der Waals surface area contributed by atoms with E-state index in [1.54, 1.807) is 0 Å². The van der Waals surface area contributed by atoms with E-state index in [-0.39, 0.29) is 16.4 Å². The lowest BCUT2D eigenvalue weighted by molar-refractivity contribution is 0.0996. The molecule has 2 rings (SSSR count). The highest BCUT2D eigenvalue weighted by atomic mass is 32.1. The number of nitrogens with one attached hydrogen (secondary N) is 1. The van der Waals surface area contributed by atoms with Crippen LogP contribution in [0.25, 0.3) is 10.4 Å². The maximum Gasteiger partial charge on any atom is 0.305 e. The van der Waals surface area contributed by atoms with Gasteiger partial charge in [0.05, 0.1) is 4.88 Å². The number of halogens is 1. The zero-order chi connectivity index (χ0) is 11.7. The minimum atomic E-state index is -0.710. The molecule has 0 spiro atoms. The van der Waals surface area contributed by atoms with Gasteiger partial charge in [-0.3, -0.25) is 9.59 Å². The van der Waals surface area contributed by atoms with Gasteiger partial charge in [-0.1, -0.05) is 23.5 Å². The monoisotopic (exact) mass is 238 g/mol. The predicted octanol–water partition coefficient (Wildman–Crippen LogP) is 1.34. The second-order valence-corrected chi connectivity index (χ2v) is 4.07. The maximum atomic E-state index is 12.7. The van der Waals surface area contributed by atoms with Crippen LogP contribution in [0.2, 0.25) is 0 Å². The van der Waals surface area contributed by atoms with Crippen LogP contribution in [0.5, 0.6) is 0 Å². The van der Waals surface area contributed by atoms with Crippen molar-refractivity contribution >= 4 is 17.2 Å². The number of nitrogens with two attached hydrogens (primary N) is 1. The van der Waals surface area contributed by atoms with Crippen LogP contribution in [-0.4, -0.2) is 10.9 Å². The first-order valence-corrected chi connectivity index (χ1v) is 5.18. The molecule has 2 aromatic rings. The van der Waals surface area contributed by atoms with Crippen LogP contribution in [0.4, 0.5) is 4.39 Å². The summed E-state index contributed by atoms with van der Waals surface area (Å²) in [6, 6.07) is 5.48. The van der Waals surface area contributed by atoms with Gasteiger partial charge in [-0.05, 0) is 17.7 Å². The quantitative estimate of drug-likeness (QED) is 0.828. The SMILES string of the molecule is NC(=O)c1[nH]c(=O)sc1-c1ccc(F)cc1. The molecule has 0 bridgehead atoms. The van der Waals surface area contributed by atoms with Crippen LogP contribution < -0.4 is 10.6 Å². The number of aromatic nitrogens is 1. The Kier molecular flexibility index (Phi) is 2.57. The van der Waals surface area contributed by atoms with Crippen molar-refractivity contribution in [2.45, 2.75) is 0 Å². The van der Waals surface area contributed by atoms with Crippen molar-refractivity contribution in [2.75, 3.05) is 0 Å². The molecular formula is C10H7FN2O2S. The summed E-state index contributed by atoms with van der Waals surface area (Å²) in [5, 5.41) is 0. The summed E-state index contributed by atoms with van der Waals surface area (Å²) in [5.74, 6) is -1.09. The Balaban J connectivity index is 2.59. The molecule has 0 fully saturated rings. The molecule has 4 nitrogen and oxygen atoms in total. The number of H-pyrrole nitrogens is 1. The number of aromatic amines is 1. The molecule has 0 saturated heterocycles. The maximum absolute atomic E-state index is 12.7. The number of carbonyl (C=O) groups is 1.